The van der Waals surface area contributed by atoms with E-state index >= 15 is 0 Å². The third-order valence-corrected chi connectivity index (χ3v) is 0. The summed E-state index contributed by atoms with van der Waals surface area (Å²) in [4.78, 5) is 0. The molecule has 0 aliphatic heterocycles. The third-order valence-electron chi connectivity index (χ3n) is 0. The van der Waals surface area contributed by atoms with Crippen LogP contribution in [0.4, 0.5) is 0 Å². The summed E-state index contributed by atoms with van der Waals surface area (Å²) >= 11 is 0. The molecule has 0 N–H and O–H groups in total. The van der Waals surface area contributed by atoms with Crippen LogP contribution in [0.15, 0.2) is 0 Å². The van der Waals surface area contributed by atoms with Crippen molar-refractivity contribution >= 4 is 40.4 Å². The molecule has 0 nitrogen and oxygen atoms in total. The molecule has 0 aliphatic carbocycles. The van der Waals surface area contributed by atoms with Gasteiger partial charge in [-0.3, -0.25) is 0 Å². The standard InChI is InChI=1S/Al.8ClH.Mg.Sc/h;8*1H;;/q+3;;;;;;;;;+2;+3/p-8. The van der Waals surface area contributed by atoms with Crippen LogP contribution >= 0.6 is 0 Å². The van der Waals surface area contributed by atoms with E-state index in [0.717, 1.165) is 0 Å². The molecule has 64 valence electrons. The minimum atomic E-state index is 0. The Hall–Kier alpha value is 4.49. The van der Waals surface area contributed by atoms with Crippen molar-refractivity contribution in [3.05, 3.63) is 0 Å². The number of hydrogen-bond donors (Lipinski definition) is 0. The van der Waals surface area contributed by atoms with E-state index in [9.17, 15) is 0 Å². The van der Waals surface area contributed by atoms with Crippen LogP contribution in [-0.2, 0) is 25.8 Å². The molecule has 0 amide bonds. The quantitative estimate of drug-likeness (QED) is 0.367. The van der Waals surface area contributed by atoms with Crippen molar-refractivity contribution in [3.8, 4) is 0 Å². The molecule has 11 heavy (non-hydrogen) atoms. The summed E-state index contributed by atoms with van der Waals surface area (Å²) in [6.07, 6.45) is 0. The van der Waals surface area contributed by atoms with E-state index in [-0.39, 0.29) is 166 Å². The van der Waals surface area contributed by atoms with Crippen LogP contribution in [0.25, 0.3) is 0 Å². The number of hydrogen-bond acceptors (Lipinski definition) is 0. The average Bonchev–Trinajstić information content (AvgIpc) is 0. The Morgan fingerprint density at radius 2 is 0.364 bits per heavy atom. The molecule has 0 heterocycles. The Labute approximate surface area is 163 Å². The van der Waals surface area contributed by atoms with Crippen LogP contribution in [0.2, 0.25) is 0 Å². The molecule has 0 spiro atoms. The topological polar surface area (TPSA) is 0 Å². The van der Waals surface area contributed by atoms with Gasteiger partial charge < -0.3 is 99.3 Å². The zero-order valence-electron chi connectivity index (χ0n) is 4.89. The summed E-state index contributed by atoms with van der Waals surface area (Å²) in [5.41, 5.74) is 0. The van der Waals surface area contributed by atoms with Gasteiger partial charge in [-0.05, 0) is 0 Å². The van der Waals surface area contributed by atoms with Crippen LogP contribution in [0, 0.1) is 0 Å². The van der Waals surface area contributed by atoms with Gasteiger partial charge in [0, 0.05) is 0 Å². The number of rotatable bonds is 0. The van der Waals surface area contributed by atoms with Gasteiger partial charge in [0.15, 0.2) is 0 Å². The smallest absolute Gasteiger partial charge is 1.00 e. The average molecular weight is 380 g/mol. The van der Waals surface area contributed by atoms with Gasteiger partial charge in [-0.2, -0.15) is 0 Å². The normalized spacial score (nSPS) is 0. The van der Waals surface area contributed by atoms with E-state index < -0.39 is 0 Å². The van der Waals surface area contributed by atoms with Crippen molar-refractivity contribution in [1.29, 1.82) is 0 Å². The van der Waals surface area contributed by atoms with E-state index in [0.29, 0.717) is 0 Å². The van der Waals surface area contributed by atoms with Gasteiger partial charge >= 0.3 is 66.3 Å². The van der Waals surface area contributed by atoms with E-state index in [4.69, 9.17) is 0 Å². The molecule has 11 heteroatoms. The van der Waals surface area contributed by atoms with E-state index in [2.05, 4.69) is 0 Å². The van der Waals surface area contributed by atoms with Crippen molar-refractivity contribution < 1.29 is 125 Å². The van der Waals surface area contributed by atoms with Crippen molar-refractivity contribution in [1.82, 2.24) is 0 Å². The van der Waals surface area contributed by atoms with Gasteiger partial charge in [0.1, 0.15) is 0 Å². The largest absolute Gasteiger partial charge is 3.00 e. The van der Waals surface area contributed by atoms with Gasteiger partial charge in [-0.25, -0.2) is 0 Å². The van der Waals surface area contributed by atoms with E-state index in [1.54, 1.807) is 0 Å². The molecule has 0 saturated carbocycles. The first-order valence-electron chi connectivity index (χ1n) is 0. The second-order valence-electron chi connectivity index (χ2n) is 0. The third kappa shape index (κ3) is 112. The van der Waals surface area contributed by atoms with Crippen LogP contribution in [0.3, 0.4) is 0 Å². The first kappa shape index (κ1) is 161. The van der Waals surface area contributed by atoms with Crippen molar-refractivity contribution in [3.63, 3.8) is 0 Å². The summed E-state index contributed by atoms with van der Waals surface area (Å²) in [5.74, 6) is 0. The van der Waals surface area contributed by atoms with Crippen molar-refractivity contribution in [2.75, 3.05) is 0 Å². The van der Waals surface area contributed by atoms with Gasteiger partial charge in [0.05, 0.1) is 0 Å². The molecule has 0 fully saturated rings. The predicted molar refractivity (Wildman–Crippen MR) is 11.5 cm³/mol. The molecule has 0 radical (unpaired) electrons. The van der Waals surface area contributed by atoms with Gasteiger partial charge in [0.25, 0.3) is 0 Å². The Kier molecular flexibility index (Phi) is 1920. The SMILES string of the molecule is [Al+3].[Cl-].[Cl-].[Cl-].[Cl-].[Cl-].[Cl-].[Cl-].[Cl-].[Mg+2].[Sc+3]. The molecular weight excluding hydrogens is 380 g/mol. The molecule has 0 unspecified atom stereocenters. The summed E-state index contributed by atoms with van der Waals surface area (Å²) < 4.78 is 0. The maximum atomic E-state index is 0. The monoisotopic (exact) mass is 376 g/mol. The fraction of sp³-hybridized carbons (Fsp3) is 0. The van der Waals surface area contributed by atoms with Crippen LogP contribution < -0.4 is 99.3 Å². The molecule has 0 aromatic rings. The molecule has 0 saturated heterocycles. The molecule has 0 aliphatic rings. The Balaban J connectivity index is 0. The second-order valence-corrected chi connectivity index (χ2v) is 0. The van der Waals surface area contributed by atoms with Crippen molar-refractivity contribution in [2.45, 2.75) is 0 Å². The summed E-state index contributed by atoms with van der Waals surface area (Å²) in [5, 5.41) is 0. The van der Waals surface area contributed by atoms with E-state index in [1.165, 1.54) is 0 Å². The molecule has 0 bridgehead atoms. The van der Waals surface area contributed by atoms with Gasteiger partial charge in [0.2, 0.25) is 0 Å². The molecule has 0 aromatic heterocycles. The Morgan fingerprint density at radius 1 is 0.364 bits per heavy atom. The molecule has 0 atom stereocenters. The van der Waals surface area contributed by atoms with Gasteiger partial charge in [-0.1, -0.05) is 0 Å². The number of halogens is 8. The van der Waals surface area contributed by atoms with Crippen LogP contribution in [-0.4, -0.2) is 40.4 Å². The fourth-order valence-corrected chi connectivity index (χ4v) is 0. The van der Waals surface area contributed by atoms with Crippen LogP contribution in [0.5, 0.6) is 0 Å². The fourth-order valence-electron chi connectivity index (χ4n) is 0. The maximum absolute atomic E-state index is 0. The minimum Gasteiger partial charge on any atom is -1.00 e. The Bertz CT molecular complexity index is 14.1. The summed E-state index contributed by atoms with van der Waals surface area (Å²) in [7, 11) is 0. The maximum Gasteiger partial charge on any atom is 3.00 e. The zero-order chi connectivity index (χ0) is 0. The van der Waals surface area contributed by atoms with Gasteiger partial charge in [-0.15, -0.1) is 0 Å². The van der Waals surface area contributed by atoms with Crippen molar-refractivity contribution in [2.24, 2.45) is 0 Å². The van der Waals surface area contributed by atoms with E-state index in [1.807, 2.05) is 0 Å². The Morgan fingerprint density at radius 3 is 0.364 bits per heavy atom. The zero-order valence-corrected chi connectivity index (χ0v) is 15.3. The summed E-state index contributed by atoms with van der Waals surface area (Å²) in [6, 6.07) is 0. The molecular formula is AlCl8MgSc. The first-order chi connectivity index (χ1) is 0. The van der Waals surface area contributed by atoms with Crippen LogP contribution in [0.1, 0.15) is 0 Å². The predicted octanol–water partition coefficient (Wildman–Crippen LogP) is -24.7. The second kappa shape index (κ2) is 131. The molecule has 0 aromatic carbocycles. The summed E-state index contributed by atoms with van der Waals surface area (Å²) in [6.45, 7) is 0. The molecule has 0 rings (SSSR count). The first-order valence-corrected chi connectivity index (χ1v) is 0. The minimum absolute atomic E-state index is 0.